The highest BCUT2D eigenvalue weighted by Gasteiger charge is 2.16. The van der Waals surface area contributed by atoms with E-state index in [-0.39, 0.29) is 5.91 Å². The molecule has 0 saturated heterocycles. The lowest BCUT2D eigenvalue weighted by Gasteiger charge is -2.16. The van der Waals surface area contributed by atoms with Crippen molar-refractivity contribution in [1.82, 2.24) is 5.32 Å². The molecular weight excluding hydrogens is 262 g/mol. The Morgan fingerprint density at radius 3 is 2.70 bits per heavy atom. The van der Waals surface area contributed by atoms with Crippen LogP contribution in [0, 0.1) is 0 Å². The Labute approximate surface area is 118 Å². The van der Waals surface area contributed by atoms with E-state index in [0.29, 0.717) is 36.5 Å². The Kier molecular flexibility index (Phi) is 6.52. The number of hydrogen-bond acceptors (Lipinski definition) is 5. The van der Waals surface area contributed by atoms with Gasteiger partial charge < -0.3 is 19.5 Å². The lowest BCUT2D eigenvalue weighted by Crippen LogP contribution is -2.38. The number of carbonyl (C=O) groups is 2. The van der Waals surface area contributed by atoms with Crippen LogP contribution in [0.5, 0.6) is 11.5 Å². The van der Waals surface area contributed by atoms with Gasteiger partial charge in [-0.25, -0.2) is 0 Å². The highest BCUT2D eigenvalue weighted by Crippen LogP contribution is 2.28. The molecule has 0 fully saturated rings. The molecule has 0 spiro atoms. The molecule has 1 amide bonds. The average Bonchev–Trinajstić information content (AvgIpc) is 2.47. The third-order valence-corrected chi connectivity index (χ3v) is 2.60. The van der Waals surface area contributed by atoms with Gasteiger partial charge in [-0.2, -0.15) is 0 Å². The summed E-state index contributed by atoms with van der Waals surface area (Å²) in [7, 11) is 3.03. The number of amides is 1. The summed E-state index contributed by atoms with van der Waals surface area (Å²) in [5.74, 6) is 0.571. The summed E-state index contributed by atoms with van der Waals surface area (Å²) in [5, 5.41) is 2.68. The van der Waals surface area contributed by atoms with E-state index in [1.54, 1.807) is 32.2 Å². The van der Waals surface area contributed by atoms with Gasteiger partial charge in [0.25, 0.3) is 5.91 Å². The van der Waals surface area contributed by atoms with Crippen molar-refractivity contribution in [2.45, 2.75) is 13.0 Å². The van der Waals surface area contributed by atoms with Crippen molar-refractivity contribution in [2.24, 2.45) is 0 Å². The quantitative estimate of drug-likeness (QED) is 0.569. The summed E-state index contributed by atoms with van der Waals surface area (Å²) in [4.78, 5) is 22.4. The first-order valence-corrected chi connectivity index (χ1v) is 6.19. The van der Waals surface area contributed by atoms with Gasteiger partial charge in [-0.15, -0.1) is 0 Å². The molecule has 0 saturated carbocycles. The van der Waals surface area contributed by atoms with Crippen LogP contribution in [-0.4, -0.2) is 45.7 Å². The number of benzene rings is 1. The largest absolute Gasteiger partial charge is 0.493 e. The van der Waals surface area contributed by atoms with Gasteiger partial charge in [0.2, 0.25) is 0 Å². The van der Waals surface area contributed by atoms with Crippen molar-refractivity contribution in [2.75, 3.05) is 27.4 Å². The monoisotopic (exact) mass is 281 g/mol. The van der Waals surface area contributed by atoms with Gasteiger partial charge in [-0.05, 0) is 25.1 Å². The number of methoxy groups -OCH3 is 2. The van der Waals surface area contributed by atoms with E-state index in [4.69, 9.17) is 14.2 Å². The minimum atomic E-state index is -0.678. The van der Waals surface area contributed by atoms with E-state index < -0.39 is 6.10 Å². The predicted molar refractivity (Wildman–Crippen MR) is 73.4 cm³/mol. The molecule has 0 aliphatic rings. The minimum Gasteiger partial charge on any atom is -0.493 e. The van der Waals surface area contributed by atoms with Crippen molar-refractivity contribution in [1.29, 1.82) is 0 Å². The maximum Gasteiger partial charge on any atom is 0.260 e. The van der Waals surface area contributed by atoms with Crippen LogP contribution in [0.1, 0.15) is 17.3 Å². The minimum absolute atomic E-state index is 0.247. The second kappa shape index (κ2) is 8.16. The molecule has 1 aromatic rings. The fraction of sp³-hybridized carbons (Fsp3) is 0.429. The summed E-state index contributed by atoms with van der Waals surface area (Å²) in [6.07, 6.45) is 0.0375. The van der Waals surface area contributed by atoms with Crippen LogP contribution in [0.2, 0.25) is 0 Å². The number of ether oxygens (including phenoxy) is 3. The molecule has 0 aliphatic heterocycles. The molecule has 0 bridgehead atoms. The van der Waals surface area contributed by atoms with E-state index >= 15 is 0 Å². The molecule has 20 heavy (non-hydrogen) atoms. The van der Waals surface area contributed by atoms with Crippen LogP contribution in [0.3, 0.4) is 0 Å². The summed E-state index contributed by atoms with van der Waals surface area (Å²) < 4.78 is 15.5. The van der Waals surface area contributed by atoms with Gasteiger partial charge in [0, 0.05) is 19.2 Å². The number of aldehydes is 1. The Hall–Kier alpha value is -2.08. The number of rotatable bonds is 8. The van der Waals surface area contributed by atoms with Crippen LogP contribution in [0.25, 0.3) is 0 Å². The molecule has 6 heteroatoms. The Morgan fingerprint density at radius 2 is 2.10 bits per heavy atom. The molecule has 1 N–H and O–H groups in total. The van der Waals surface area contributed by atoms with Gasteiger partial charge in [-0.1, -0.05) is 0 Å². The second-order valence-corrected chi connectivity index (χ2v) is 4.07. The lowest BCUT2D eigenvalue weighted by atomic mass is 10.2. The highest BCUT2D eigenvalue weighted by molar-refractivity contribution is 5.81. The van der Waals surface area contributed by atoms with Gasteiger partial charge in [0.05, 0.1) is 13.7 Å². The second-order valence-electron chi connectivity index (χ2n) is 4.07. The normalized spacial score (nSPS) is 11.6. The van der Waals surface area contributed by atoms with E-state index in [2.05, 4.69) is 5.32 Å². The molecule has 0 aliphatic carbocycles. The van der Waals surface area contributed by atoms with Crippen molar-refractivity contribution in [3.63, 3.8) is 0 Å². The fourth-order valence-corrected chi connectivity index (χ4v) is 1.52. The molecule has 1 aromatic carbocycles. The van der Waals surface area contributed by atoms with Crippen molar-refractivity contribution in [3.8, 4) is 11.5 Å². The molecular formula is C14H19NO5. The summed E-state index contributed by atoms with van der Waals surface area (Å²) >= 11 is 0. The maximum absolute atomic E-state index is 11.8. The topological polar surface area (TPSA) is 73.9 Å². The van der Waals surface area contributed by atoms with Crippen molar-refractivity contribution in [3.05, 3.63) is 23.8 Å². The first kappa shape index (κ1) is 16.0. The first-order chi connectivity index (χ1) is 9.62. The molecule has 0 radical (unpaired) electrons. The zero-order chi connectivity index (χ0) is 15.0. The molecule has 1 atom stereocenters. The van der Waals surface area contributed by atoms with Crippen molar-refractivity contribution < 1.29 is 23.8 Å². The van der Waals surface area contributed by atoms with Gasteiger partial charge >= 0.3 is 0 Å². The molecule has 1 rings (SSSR count). The Morgan fingerprint density at radius 1 is 1.35 bits per heavy atom. The summed E-state index contributed by atoms with van der Waals surface area (Å²) in [5.41, 5.74) is 0.478. The molecule has 0 aromatic heterocycles. The third-order valence-electron chi connectivity index (χ3n) is 2.60. The molecule has 110 valence electrons. The Balaban J connectivity index is 2.67. The smallest absolute Gasteiger partial charge is 0.260 e. The zero-order valence-electron chi connectivity index (χ0n) is 11.8. The standard InChI is InChI=1S/C14H19NO5/c1-10(14(17)15-6-7-18-2)20-12-5-4-11(9-16)8-13(12)19-3/h4-5,8-10H,6-7H2,1-3H3,(H,15,17). The van der Waals surface area contributed by atoms with Gasteiger partial charge in [-0.3, -0.25) is 9.59 Å². The SMILES string of the molecule is COCCNC(=O)C(C)Oc1ccc(C=O)cc1OC. The average molecular weight is 281 g/mol. The maximum atomic E-state index is 11.8. The fourth-order valence-electron chi connectivity index (χ4n) is 1.52. The first-order valence-electron chi connectivity index (χ1n) is 6.19. The van der Waals surface area contributed by atoms with Crippen molar-refractivity contribution >= 4 is 12.2 Å². The third kappa shape index (κ3) is 4.55. The van der Waals surface area contributed by atoms with Crippen LogP contribution >= 0.6 is 0 Å². The van der Waals surface area contributed by atoms with Crippen LogP contribution in [-0.2, 0) is 9.53 Å². The van der Waals surface area contributed by atoms with Crippen LogP contribution < -0.4 is 14.8 Å². The summed E-state index contributed by atoms with van der Waals surface area (Å²) in [6, 6.07) is 4.75. The number of nitrogens with one attached hydrogen (secondary N) is 1. The van der Waals surface area contributed by atoms with E-state index in [0.717, 1.165) is 0 Å². The van der Waals surface area contributed by atoms with E-state index in [9.17, 15) is 9.59 Å². The van der Waals surface area contributed by atoms with Crippen LogP contribution in [0.15, 0.2) is 18.2 Å². The van der Waals surface area contributed by atoms with Gasteiger partial charge in [0.15, 0.2) is 17.6 Å². The molecule has 0 heterocycles. The summed E-state index contributed by atoms with van der Waals surface area (Å²) in [6.45, 7) is 2.50. The molecule has 1 unspecified atom stereocenters. The lowest BCUT2D eigenvalue weighted by molar-refractivity contribution is -0.127. The molecule has 6 nitrogen and oxygen atoms in total. The van der Waals surface area contributed by atoms with E-state index in [1.807, 2.05) is 0 Å². The number of hydrogen-bond donors (Lipinski definition) is 1. The van der Waals surface area contributed by atoms with Gasteiger partial charge in [0.1, 0.15) is 6.29 Å². The number of carbonyl (C=O) groups excluding carboxylic acids is 2. The predicted octanol–water partition coefficient (Wildman–Crippen LogP) is 1.04. The zero-order valence-corrected chi connectivity index (χ0v) is 11.8. The van der Waals surface area contributed by atoms with E-state index in [1.165, 1.54) is 7.11 Å². The highest BCUT2D eigenvalue weighted by atomic mass is 16.5. The Bertz CT molecular complexity index is 461. The van der Waals surface area contributed by atoms with Crippen LogP contribution in [0.4, 0.5) is 0 Å².